The zero-order valence-electron chi connectivity index (χ0n) is 10.2. The third-order valence-electron chi connectivity index (χ3n) is 2.56. The highest BCUT2D eigenvalue weighted by molar-refractivity contribution is 7.14. The highest BCUT2D eigenvalue weighted by Gasteiger charge is 2.15. The smallest absolute Gasteiger partial charge is 0.172 e. The van der Waals surface area contributed by atoms with E-state index in [2.05, 4.69) is 4.98 Å². The highest BCUT2D eigenvalue weighted by Crippen LogP contribution is 2.29. The molecule has 5 heteroatoms. The molecule has 0 fully saturated rings. The number of Topliss-reactive ketones (excluding diaryl/α,β-unsaturated/α-hetero) is 1. The summed E-state index contributed by atoms with van der Waals surface area (Å²) >= 11 is 1.38. The Balaban J connectivity index is 2.54. The van der Waals surface area contributed by atoms with Crippen molar-refractivity contribution in [1.82, 2.24) is 4.98 Å². The Kier molecular flexibility index (Phi) is 3.56. The van der Waals surface area contributed by atoms with E-state index in [1.54, 1.807) is 18.2 Å². The van der Waals surface area contributed by atoms with Crippen LogP contribution in [0.25, 0.3) is 11.3 Å². The maximum Gasteiger partial charge on any atom is 0.172 e. The molecule has 1 aromatic carbocycles. The molecular weight excluding hydrogens is 248 g/mol. The Hall–Kier alpha value is -1.56. The number of nitrogens with zero attached hydrogens (tertiary/aromatic N) is 1. The molecule has 94 valence electrons. The Morgan fingerprint density at radius 2 is 2.22 bits per heavy atom. The van der Waals surface area contributed by atoms with Crippen molar-refractivity contribution in [2.45, 2.75) is 20.1 Å². The van der Waals surface area contributed by atoms with E-state index in [9.17, 15) is 9.90 Å². The first-order chi connectivity index (χ1) is 8.49. The minimum atomic E-state index is -1.02. The molecule has 18 heavy (non-hydrogen) atoms. The number of aromatic nitrogens is 1. The van der Waals surface area contributed by atoms with Gasteiger partial charge in [0.1, 0.15) is 6.23 Å². The number of carbonyl (C=O) groups excluding carboxylic acids is 1. The van der Waals surface area contributed by atoms with E-state index in [1.165, 1.54) is 18.3 Å². The molecule has 1 heterocycles. The zero-order valence-corrected chi connectivity index (χ0v) is 11.0. The molecule has 2 aromatic rings. The van der Waals surface area contributed by atoms with Gasteiger partial charge in [-0.15, -0.1) is 11.3 Å². The van der Waals surface area contributed by atoms with Crippen molar-refractivity contribution in [3.05, 3.63) is 39.7 Å². The fourth-order valence-electron chi connectivity index (χ4n) is 1.73. The second-order valence-corrected chi connectivity index (χ2v) is 5.24. The summed E-state index contributed by atoms with van der Waals surface area (Å²) in [6.07, 6.45) is -1.02. The number of nitrogens with two attached hydrogens (primary N) is 1. The molecule has 0 amide bonds. The van der Waals surface area contributed by atoms with Crippen LogP contribution in [0.2, 0.25) is 0 Å². The average Bonchev–Trinajstić information content (AvgIpc) is 2.72. The Labute approximate surface area is 109 Å². The third-order valence-corrected chi connectivity index (χ3v) is 3.63. The van der Waals surface area contributed by atoms with E-state index in [1.807, 2.05) is 13.0 Å². The standard InChI is InChI=1S/C13H14N2O2S/c1-7(16)12-11(15-8(2)18-12)9-4-3-5-10(6-9)13(14)17/h3-6,13,17H,14H2,1-2H3. The van der Waals surface area contributed by atoms with Crippen LogP contribution < -0.4 is 5.73 Å². The van der Waals surface area contributed by atoms with E-state index in [0.717, 1.165) is 10.6 Å². The van der Waals surface area contributed by atoms with Gasteiger partial charge in [0.2, 0.25) is 0 Å². The van der Waals surface area contributed by atoms with E-state index in [0.29, 0.717) is 16.1 Å². The van der Waals surface area contributed by atoms with Crippen molar-refractivity contribution in [2.75, 3.05) is 0 Å². The van der Waals surface area contributed by atoms with Gasteiger partial charge in [0.15, 0.2) is 5.78 Å². The molecule has 2 rings (SSSR count). The molecular formula is C13H14N2O2S. The summed E-state index contributed by atoms with van der Waals surface area (Å²) in [4.78, 5) is 16.6. The first-order valence-electron chi connectivity index (χ1n) is 5.51. The summed E-state index contributed by atoms with van der Waals surface area (Å²) in [5, 5.41) is 10.2. The lowest BCUT2D eigenvalue weighted by Gasteiger charge is -2.06. The number of benzene rings is 1. The molecule has 0 bridgehead atoms. The third kappa shape index (κ3) is 2.48. The van der Waals surface area contributed by atoms with Gasteiger partial charge >= 0.3 is 0 Å². The van der Waals surface area contributed by atoms with Crippen molar-refractivity contribution < 1.29 is 9.90 Å². The van der Waals surface area contributed by atoms with Gasteiger partial charge in [0.25, 0.3) is 0 Å². The number of carbonyl (C=O) groups is 1. The largest absolute Gasteiger partial charge is 0.375 e. The predicted molar refractivity (Wildman–Crippen MR) is 71.4 cm³/mol. The number of thiazole rings is 1. The molecule has 0 aliphatic carbocycles. The number of hydrogen-bond donors (Lipinski definition) is 2. The van der Waals surface area contributed by atoms with Crippen LogP contribution in [0.1, 0.15) is 33.4 Å². The normalized spacial score (nSPS) is 12.4. The van der Waals surface area contributed by atoms with Gasteiger partial charge in [-0.3, -0.25) is 4.79 Å². The Morgan fingerprint density at radius 1 is 1.50 bits per heavy atom. The summed E-state index contributed by atoms with van der Waals surface area (Å²) in [7, 11) is 0. The molecule has 0 aliphatic heterocycles. The summed E-state index contributed by atoms with van der Waals surface area (Å²) in [6, 6.07) is 7.14. The van der Waals surface area contributed by atoms with Crippen molar-refractivity contribution >= 4 is 17.1 Å². The van der Waals surface area contributed by atoms with Crippen molar-refractivity contribution in [2.24, 2.45) is 5.73 Å². The Bertz CT molecular complexity index is 590. The SMILES string of the molecule is CC(=O)c1sc(C)nc1-c1cccc(C(N)O)c1. The van der Waals surface area contributed by atoms with E-state index >= 15 is 0 Å². The number of hydrogen-bond acceptors (Lipinski definition) is 5. The summed E-state index contributed by atoms with van der Waals surface area (Å²) in [6.45, 7) is 3.39. The topological polar surface area (TPSA) is 76.2 Å². The van der Waals surface area contributed by atoms with E-state index in [-0.39, 0.29) is 5.78 Å². The number of ketones is 1. The van der Waals surface area contributed by atoms with Gasteiger partial charge in [-0.25, -0.2) is 4.98 Å². The second-order valence-electron chi connectivity index (χ2n) is 4.04. The van der Waals surface area contributed by atoms with Gasteiger partial charge in [0, 0.05) is 12.5 Å². The van der Waals surface area contributed by atoms with Crippen LogP contribution in [0.15, 0.2) is 24.3 Å². The van der Waals surface area contributed by atoms with Crippen LogP contribution in [0, 0.1) is 6.92 Å². The quantitative estimate of drug-likeness (QED) is 0.657. The maximum atomic E-state index is 11.6. The number of aryl methyl sites for hydroxylation is 1. The fraction of sp³-hybridized carbons (Fsp3) is 0.231. The molecule has 3 N–H and O–H groups in total. The zero-order chi connectivity index (χ0) is 13.3. The number of rotatable bonds is 3. The molecule has 1 aromatic heterocycles. The highest BCUT2D eigenvalue weighted by atomic mass is 32.1. The lowest BCUT2D eigenvalue weighted by molar-refractivity contribution is 0.102. The van der Waals surface area contributed by atoms with Crippen LogP contribution in [-0.4, -0.2) is 15.9 Å². The van der Waals surface area contributed by atoms with Gasteiger partial charge in [-0.05, 0) is 18.6 Å². The van der Waals surface area contributed by atoms with Crippen LogP contribution in [0.3, 0.4) is 0 Å². The number of aliphatic hydroxyl groups is 1. The molecule has 0 spiro atoms. The van der Waals surface area contributed by atoms with Gasteiger partial charge in [-0.2, -0.15) is 0 Å². The van der Waals surface area contributed by atoms with Gasteiger partial charge in [0.05, 0.1) is 15.6 Å². The van der Waals surface area contributed by atoms with E-state index < -0.39 is 6.23 Å². The molecule has 1 unspecified atom stereocenters. The summed E-state index contributed by atoms with van der Waals surface area (Å²) in [5.74, 6) is -0.00528. The molecule has 0 radical (unpaired) electrons. The monoisotopic (exact) mass is 262 g/mol. The van der Waals surface area contributed by atoms with Crippen molar-refractivity contribution in [1.29, 1.82) is 0 Å². The maximum absolute atomic E-state index is 11.6. The average molecular weight is 262 g/mol. The first kappa shape index (κ1) is 12.9. The Morgan fingerprint density at radius 3 is 2.83 bits per heavy atom. The molecule has 1 atom stereocenters. The van der Waals surface area contributed by atoms with Gasteiger partial charge < -0.3 is 10.8 Å². The minimum absolute atomic E-state index is 0.00528. The number of aliphatic hydroxyl groups excluding tert-OH is 1. The summed E-state index contributed by atoms with van der Waals surface area (Å²) in [5.41, 5.74) is 7.50. The van der Waals surface area contributed by atoms with Crippen LogP contribution in [0.5, 0.6) is 0 Å². The fourth-order valence-corrected chi connectivity index (χ4v) is 2.57. The van der Waals surface area contributed by atoms with Crippen molar-refractivity contribution in [3.63, 3.8) is 0 Å². The van der Waals surface area contributed by atoms with E-state index in [4.69, 9.17) is 5.73 Å². The molecule has 0 saturated heterocycles. The van der Waals surface area contributed by atoms with Crippen LogP contribution >= 0.6 is 11.3 Å². The second kappa shape index (κ2) is 4.97. The lowest BCUT2D eigenvalue weighted by atomic mass is 10.1. The van der Waals surface area contributed by atoms with Crippen LogP contribution in [-0.2, 0) is 0 Å². The lowest BCUT2D eigenvalue weighted by Crippen LogP contribution is -2.08. The molecule has 0 saturated carbocycles. The minimum Gasteiger partial charge on any atom is -0.375 e. The first-order valence-corrected chi connectivity index (χ1v) is 6.33. The molecule has 4 nitrogen and oxygen atoms in total. The van der Waals surface area contributed by atoms with Gasteiger partial charge in [-0.1, -0.05) is 18.2 Å². The predicted octanol–water partition coefficient (Wildman–Crippen LogP) is 2.27. The molecule has 0 aliphatic rings. The van der Waals surface area contributed by atoms with Crippen molar-refractivity contribution in [3.8, 4) is 11.3 Å². The van der Waals surface area contributed by atoms with Crippen LogP contribution in [0.4, 0.5) is 0 Å². The summed E-state index contributed by atoms with van der Waals surface area (Å²) < 4.78 is 0.